The van der Waals surface area contributed by atoms with Crippen LogP contribution in [0.5, 0.6) is 11.5 Å². The van der Waals surface area contributed by atoms with E-state index in [0.29, 0.717) is 23.6 Å². The maximum absolute atomic E-state index is 12.7. The third-order valence-electron chi connectivity index (χ3n) is 7.08. The van der Waals surface area contributed by atoms with Crippen LogP contribution in [0.3, 0.4) is 0 Å². The number of rotatable bonds is 9. The summed E-state index contributed by atoms with van der Waals surface area (Å²) in [5.41, 5.74) is 9.35. The molecule has 0 aliphatic carbocycles. The van der Waals surface area contributed by atoms with Crippen LogP contribution >= 0.6 is 0 Å². The Morgan fingerprint density at radius 2 is 1.61 bits per heavy atom. The molecular weight excluding hydrogens is 450 g/mol. The van der Waals surface area contributed by atoms with Crippen molar-refractivity contribution in [1.29, 1.82) is 0 Å². The van der Waals surface area contributed by atoms with E-state index in [1.54, 1.807) is 32.4 Å². The van der Waals surface area contributed by atoms with Gasteiger partial charge in [0.2, 0.25) is 0 Å². The second-order valence-corrected chi connectivity index (χ2v) is 9.27. The SMILES string of the molecule is COc1ccc(C(=O)NCCCc2nc3ccccc3n2Cc2c(C)c(C)cc(C)c2C)cc1OC. The van der Waals surface area contributed by atoms with E-state index in [4.69, 9.17) is 14.5 Å². The average molecular weight is 486 g/mol. The number of hydrogen-bond acceptors (Lipinski definition) is 4. The van der Waals surface area contributed by atoms with Crippen LogP contribution in [0.1, 0.15) is 50.4 Å². The lowest BCUT2D eigenvalue weighted by Crippen LogP contribution is -2.25. The van der Waals surface area contributed by atoms with Gasteiger partial charge in [0, 0.05) is 25.1 Å². The molecule has 0 saturated carbocycles. The highest BCUT2D eigenvalue weighted by atomic mass is 16.5. The van der Waals surface area contributed by atoms with E-state index >= 15 is 0 Å². The minimum absolute atomic E-state index is 0.133. The summed E-state index contributed by atoms with van der Waals surface area (Å²) < 4.78 is 12.9. The minimum Gasteiger partial charge on any atom is -0.493 e. The molecule has 6 nitrogen and oxygen atoms in total. The fraction of sp³-hybridized carbons (Fsp3) is 0.333. The summed E-state index contributed by atoms with van der Waals surface area (Å²) >= 11 is 0. The Morgan fingerprint density at radius 1 is 0.917 bits per heavy atom. The number of nitrogens with one attached hydrogen (secondary N) is 1. The maximum atomic E-state index is 12.7. The van der Waals surface area contributed by atoms with Crippen molar-refractivity contribution < 1.29 is 14.3 Å². The molecule has 0 atom stereocenters. The molecule has 0 aliphatic rings. The van der Waals surface area contributed by atoms with Crippen LogP contribution in [0, 0.1) is 27.7 Å². The second-order valence-electron chi connectivity index (χ2n) is 9.27. The normalized spacial score (nSPS) is 11.1. The van der Waals surface area contributed by atoms with Crippen molar-refractivity contribution in [2.24, 2.45) is 0 Å². The molecule has 0 bridgehead atoms. The van der Waals surface area contributed by atoms with Gasteiger partial charge in [0.1, 0.15) is 5.82 Å². The molecule has 0 unspecified atom stereocenters. The molecule has 1 N–H and O–H groups in total. The van der Waals surface area contributed by atoms with Crippen molar-refractivity contribution in [2.45, 2.75) is 47.1 Å². The predicted octanol–water partition coefficient (Wildman–Crippen LogP) is 5.70. The van der Waals surface area contributed by atoms with Crippen molar-refractivity contribution in [2.75, 3.05) is 20.8 Å². The van der Waals surface area contributed by atoms with E-state index in [9.17, 15) is 4.79 Å². The maximum Gasteiger partial charge on any atom is 0.251 e. The number of carbonyl (C=O) groups excluding carboxylic acids is 1. The summed E-state index contributed by atoms with van der Waals surface area (Å²) in [7, 11) is 3.14. The van der Waals surface area contributed by atoms with Crippen molar-refractivity contribution in [1.82, 2.24) is 14.9 Å². The highest BCUT2D eigenvalue weighted by Gasteiger charge is 2.16. The Hall–Kier alpha value is -3.80. The standard InChI is InChI=1S/C30H35N3O3/c1-19-16-20(2)22(4)24(21(19)3)18-33-26-11-8-7-10-25(26)32-29(33)12-9-15-31-30(34)23-13-14-27(35-5)28(17-23)36-6/h7-8,10-11,13-14,16-17H,9,12,15,18H2,1-6H3,(H,31,34). The number of ether oxygens (including phenoxy) is 2. The minimum atomic E-state index is -0.133. The van der Waals surface area contributed by atoms with Crippen molar-refractivity contribution in [3.8, 4) is 11.5 Å². The first-order valence-electron chi connectivity index (χ1n) is 12.3. The van der Waals surface area contributed by atoms with Crippen LogP contribution in [0.15, 0.2) is 48.5 Å². The number of hydrogen-bond donors (Lipinski definition) is 1. The fourth-order valence-electron chi connectivity index (χ4n) is 4.71. The lowest BCUT2D eigenvalue weighted by molar-refractivity contribution is 0.0952. The molecule has 1 aromatic heterocycles. The monoisotopic (exact) mass is 485 g/mol. The first-order chi connectivity index (χ1) is 17.3. The third kappa shape index (κ3) is 5.08. The third-order valence-corrected chi connectivity index (χ3v) is 7.08. The quantitative estimate of drug-likeness (QED) is 0.309. The van der Waals surface area contributed by atoms with Crippen molar-refractivity contribution >= 4 is 16.9 Å². The smallest absolute Gasteiger partial charge is 0.251 e. The molecule has 0 spiro atoms. The summed E-state index contributed by atoms with van der Waals surface area (Å²) in [6.45, 7) is 10.1. The molecule has 1 amide bonds. The number of imidazole rings is 1. The molecular formula is C30H35N3O3. The van der Waals surface area contributed by atoms with Gasteiger partial charge in [-0.1, -0.05) is 18.2 Å². The lowest BCUT2D eigenvalue weighted by atomic mass is 9.94. The first-order valence-corrected chi connectivity index (χ1v) is 12.3. The second kappa shape index (κ2) is 10.9. The number of fused-ring (bicyclic) bond motifs is 1. The molecule has 3 aromatic carbocycles. The summed E-state index contributed by atoms with van der Waals surface area (Å²) in [6, 6.07) is 15.7. The molecule has 36 heavy (non-hydrogen) atoms. The van der Waals surface area contributed by atoms with Gasteiger partial charge in [0.15, 0.2) is 11.5 Å². The molecule has 0 saturated heterocycles. The number of aromatic nitrogens is 2. The molecule has 0 radical (unpaired) electrons. The van der Waals surface area contributed by atoms with Gasteiger partial charge >= 0.3 is 0 Å². The Balaban J connectivity index is 1.50. The molecule has 0 aliphatic heterocycles. The molecule has 4 rings (SSSR count). The summed E-state index contributed by atoms with van der Waals surface area (Å²) in [5.74, 6) is 2.04. The number of amides is 1. The Labute approximate surface area is 213 Å². The van der Waals surface area contributed by atoms with Gasteiger partial charge in [-0.15, -0.1) is 0 Å². The van der Waals surface area contributed by atoms with E-state index in [-0.39, 0.29) is 5.91 Å². The van der Waals surface area contributed by atoms with Gasteiger partial charge in [-0.2, -0.15) is 0 Å². The Morgan fingerprint density at radius 3 is 2.31 bits per heavy atom. The van der Waals surface area contributed by atoms with Gasteiger partial charge in [-0.25, -0.2) is 4.98 Å². The summed E-state index contributed by atoms with van der Waals surface area (Å²) in [5, 5.41) is 3.02. The average Bonchev–Trinajstić information content (AvgIpc) is 3.24. The van der Waals surface area contributed by atoms with Crippen LogP contribution in [0.4, 0.5) is 0 Å². The van der Waals surface area contributed by atoms with Crippen molar-refractivity contribution in [3.63, 3.8) is 0 Å². The fourth-order valence-corrected chi connectivity index (χ4v) is 4.71. The van der Waals surface area contributed by atoms with Crippen LogP contribution < -0.4 is 14.8 Å². The zero-order valence-electron chi connectivity index (χ0n) is 22.1. The number of benzene rings is 3. The van der Waals surface area contributed by atoms with Crippen LogP contribution in [-0.4, -0.2) is 36.2 Å². The van der Waals surface area contributed by atoms with E-state index in [1.165, 1.54) is 27.8 Å². The zero-order valence-corrected chi connectivity index (χ0v) is 22.1. The van der Waals surface area contributed by atoms with Gasteiger partial charge in [0.25, 0.3) is 5.91 Å². The predicted molar refractivity (Wildman–Crippen MR) is 144 cm³/mol. The number of nitrogens with zero attached hydrogens (tertiary/aromatic N) is 2. The molecule has 1 heterocycles. The highest BCUT2D eigenvalue weighted by Crippen LogP contribution is 2.28. The molecule has 4 aromatic rings. The largest absolute Gasteiger partial charge is 0.493 e. The molecule has 6 heteroatoms. The van der Waals surface area contributed by atoms with Crippen LogP contribution in [-0.2, 0) is 13.0 Å². The number of methoxy groups -OCH3 is 2. The number of aryl methyl sites for hydroxylation is 3. The van der Waals surface area contributed by atoms with Crippen LogP contribution in [0.2, 0.25) is 0 Å². The number of carbonyl (C=O) groups is 1. The zero-order chi connectivity index (χ0) is 25.8. The first kappa shape index (κ1) is 25.3. The number of para-hydroxylation sites is 2. The lowest BCUT2D eigenvalue weighted by Gasteiger charge is -2.18. The van der Waals surface area contributed by atoms with E-state index < -0.39 is 0 Å². The molecule has 188 valence electrons. The topological polar surface area (TPSA) is 65.4 Å². The van der Waals surface area contributed by atoms with E-state index in [1.807, 2.05) is 6.07 Å². The van der Waals surface area contributed by atoms with Gasteiger partial charge < -0.3 is 19.4 Å². The molecule has 0 fully saturated rings. The summed E-state index contributed by atoms with van der Waals surface area (Å²) in [6.07, 6.45) is 1.55. The van der Waals surface area contributed by atoms with E-state index in [0.717, 1.165) is 36.2 Å². The summed E-state index contributed by atoms with van der Waals surface area (Å²) in [4.78, 5) is 17.6. The highest BCUT2D eigenvalue weighted by molar-refractivity contribution is 5.94. The van der Waals surface area contributed by atoms with Crippen LogP contribution in [0.25, 0.3) is 11.0 Å². The van der Waals surface area contributed by atoms with Gasteiger partial charge in [0.05, 0.1) is 25.3 Å². The van der Waals surface area contributed by atoms with Gasteiger partial charge in [-0.05, 0) is 92.3 Å². The van der Waals surface area contributed by atoms with E-state index in [2.05, 4.69) is 61.8 Å². The van der Waals surface area contributed by atoms with Gasteiger partial charge in [-0.3, -0.25) is 4.79 Å². The Bertz CT molecular complexity index is 1380. The Kier molecular flexibility index (Phi) is 7.63. The van der Waals surface area contributed by atoms with Crippen molar-refractivity contribution in [3.05, 3.63) is 87.7 Å².